The highest BCUT2D eigenvalue weighted by molar-refractivity contribution is 6.43. The SMILES string of the molecule is Cc1c(Cl)cccc1NC(=O)/C(C#N)=C/c1ccc(-c2cccc(Cl)c2Cl)o1. The molecule has 3 rings (SSSR count). The first-order chi connectivity index (χ1) is 13.4. The highest BCUT2D eigenvalue weighted by Crippen LogP contribution is 2.34. The topological polar surface area (TPSA) is 66.0 Å². The standard InChI is InChI=1S/C21H13Cl3N2O2/c1-12-16(22)5-3-7-18(12)26-21(27)13(11-25)10-14-8-9-19(28-14)15-4-2-6-17(23)20(15)24/h2-10H,1H3,(H,26,27)/b13-10+. The molecule has 0 aliphatic carbocycles. The van der Waals surface area contributed by atoms with Gasteiger partial charge in [0.15, 0.2) is 0 Å². The Morgan fingerprint density at radius 3 is 2.54 bits per heavy atom. The Balaban J connectivity index is 1.86. The van der Waals surface area contributed by atoms with Crippen LogP contribution in [-0.4, -0.2) is 5.91 Å². The summed E-state index contributed by atoms with van der Waals surface area (Å²) in [5.74, 6) is 0.245. The Morgan fingerprint density at radius 1 is 1.07 bits per heavy atom. The van der Waals surface area contributed by atoms with Gasteiger partial charge in [-0.1, -0.05) is 46.9 Å². The van der Waals surface area contributed by atoms with Crippen molar-refractivity contribution in [2.75, 3.05) is 5.32 Å². The number of rotatable bonds is 4. The lowest BCUT2D eigenvalue weighted by Crippen LogP contribution is -2.14. The van der Waals surface area contributed by atoms with Crippen LogP contribution in [0.1, 0.15) is 11.3 Å². The molecule has 7 heteroatoms. The Kier molecular flexibility index (Phi) is 6.11. The highest BCUT2D eigenvalue weighted by atomic mass is 35.5. The maximum atomic E-state index is 12.5. The molecule has 0 unspecified atom stereocenters. The summed E-state index contributed by atoms with van der Waals surface area (Å²) < 4.78 is 5.71. The van der Waals surface area contributed by atoms with Crippen molar-refractivity contribution in [2.45, 2.75) is 6.92 Å². The van der Waals surface area contributed by atoms with Crippen LogP contribution in [0.5, 0.6) is 0 Å². The fourth-order valence-corrected chi connectivity index (χ4v) is 3.06. The van der Waals surface area contributed by atoms with E-state index < -0.39 is 5.91 Å². The first-order valence-corrected chi connectivity index (χ1v) is 9.26. The summed E-state index contributed by atoms with van der Waals surface area (Å²) in [6.07, 6.45) is 1.36. The van der Waals surface area contributed by atoms with Crippen LogP contribution in [0.2, 0.25) is 15.1 Å². The van der Waals surface area contributed by atoms with Gasteiger partial charge in [-0.15, -0.1) is 0 Å². The van der Waals surface area contributed by atoms with Gasteiger partial charge in [0.05, 0.1) is 10.0 Å². The largest absolute Gasteiger partial charge is 0.457 e. The molecule has 140 valence electrons. The molecule has 0 bridgehead atoms. The van der Waals surface area contributed by atoms with Crippen molar-refractivity contribution in [3.8, 4) is 17.4 Å². The highest BCUT2D eigenvalue weighted by Gasteiger charge is 2.14. The zero-order chi connectivity index (χ0) is 20.3. The van der Waals surface area contributed by atoms with Gasteiger partial charge in [-0.25, -0.2) is 0 Å². The summed E-state index contributed by atoms with van der Waals surface area (Å²) in [5, 5.41) is 13.4. The first kappa shape index (κ1) is 20.0. The molecule has 1 heterocycles. The number of hydrogen-bond acceptors (Lipinski definition) is 3. The number of halogens is 3. The summed E-state index contributed by atoms with van der Waals surface area (Å²) in [7, 11) is 0. The summed E-state index contributed by atoms with van der Waals surface area (Å²) in [6.45, 7) is 1.78. The van der Waals surface area contributed by atoms with E-state index in [-0.39, 0.29) is 5.57 Å². The van der Waals surface area contributed by atoms with Crippen LogP contribution in [-0.2, 0) is 4.79 Å². The molecule has 0 saturated heterocycles. The number of nitrogens with zero attached hydrogens (tertiary/aromatic N) is 1. The van der Waals surface area contributed by atoms with E-state index in [1.165, 1.54) is 6.08 Å². The first-order valence-electron chi connectivity index (χ1n) is 8.13. The third-order valence-corrected chi connectivity index (χ3v) is 5.24. The Bertz CT molecular complexity index is 1130. The number of hydrogen-bond donors (Lipinski definition) is 1. The lowest BCUT2D eigenvalue weighted by Gasteiger charge is -2.08. The number of anilines is 1. The van der Waals surface area contributed by atoms with E-state index in [1.54, 1.807) is 55.5 Å². The normalized spacial score (nSPS) is 11.2. The second-order valence-electron chi connectivity index (χ2n) is 5.84. The quantitative estimate of drug-likeness (QED) is 0.366. The van der Waals surface area contributed by atoms with E-state index in [0.717, 1.165) is 0 Å². The van der Waals surface area contributed by atoms with E-state index in [1.807, 2.05) is 6.07 Å². The Morgan fingerprint density at radius 2 is 1.79 bits per heavy atom. The number of nitrogens with one attached hydrogen (secondary N) is 1. The molecule has 0 aliphatic heterocycles. The van der Waals surface area contributed by atoms with Gasteiger partial charge in [0.2, 0.25) is 0 Å². The van der Waals surface area contributed by atoms with Crippen LogP contribution >= 0.6 is 34.8 Å². The maximum Gasteiger partial charge on any atom is 0.266 e. The molecule has 4 nitrogen and oxygen atoms in total. The van der Waals surface area contributed by atoms with Gasteiger partial charge in [-0.05, 0) is 48.9 Å². The second-order valence-corrected chi connectivity index (χ2v) is 7.03. The maximum absolute atomic E-state index is 12.5. The molecule has 0 saturated carbocycles. The smallest absolute Gasteiger partial charge is 0.266 e. The third-order valence-electron chi connectivity index (χ3n) is 4.01. The third kappa shape index (κ3) is 4.23. The molecule has 0 fully saturated rings. The van der Waals surface area contributed by atoms with Crippen molar-refractivity contribution in [1.82, 2.24) is 0 Å². The number of nitriles is 1. The van der Waals surface area contributed by atoms with Crippen LogP contribution in [0, 0.1) is 18.3 Å². The minimum absolute atomic E-state index is 0.113. The van der Waals surface area contributed by atoms with Gasteiger partial charge < -0.3 is 9.73 Å². The van der Waals surface area contributed by atoms with Crippen molar-refractivity contribution in [2.24, 2.45) is 0 Å². The van der Waals surface area contributed by atoms with Crippen molar-refractivity contribution in [3.05, 3.63) is 80.5 Å². The minimum Gasteiger partial charge on any atom is -0.457 e. The number of furan rings is 1. The van der Waals surface area contributed by atoms with Crippen molar-refractivity contribution >= 4 is 52.5 Å². The number of carbonyl (C=O) groups is 1. The van der Waals surface area contributed by atoms with E-state index in [0.29, 0.717) is 43.4 Å². The monoisotopic (exact) mass is 430 g/mol. The number of amides is 1. The predicted molar refractivity (Wildman–Crippen MR) is 113 cm³/mol. The van der Waals surface area contributed by atoms with Crippen LogP contribution in [0.4, 0.5) is 5.69 Å². The summed E-state index contributed by atoms with van der Waals surface area (Å²) in [4.78, 5) is 12.5. The molecule has 1 N–H and O–H groups in total. The summed E-state index contributed by atoms with van der Waals surface area (Å²) >= 11 is 18.3. The number of benzene rings is 2. The lowest BCUT2D eigenvalue weighted by atomic mass is 10.1. The van der Waals surface area contributed by atoms with Crippen molar-refractivity contribution in [3.63, 3.8) is 0 Å². The zero-order valence-corrected chi connectivity index (χ0v) is 16.9. The van der Waals surface area contributed by atoms with Crippen molar-refractivity contribution < 1.29 is 9.21 Å². The molecule has 2 aromatic carbocycles. The van der Waals surface area contributed by atoms with E-state index >= 15 is 0 Å². The van der Waals surface area contributed by atoms with Crippen LogP contribution in [0.3, 0.4) is 0 Å². The van der Waals surface area contributed by atoms with Crippen molar-refractivity contribution in [1.29, 1.82) is 5.26 Å². The fourth-order valence-electron chi connectivity index (χ4n) is 2.49. The van der Waals surface area contributed by atoms with E-state index in [9.17, 15) is 10.1 Å². The lowest BCUT2D eigenvalue weighted by molar-refractivity contribution is -0.112. The van der Waals surface area contributed by atoms with E-state index in [2.05, 4.69) is 5.32 Å². The van der Waals surface area contributed by atoms with Crippen LogP contribution < -0.4 is 5.32 Å². The molecule has 1 aromatic heterocycles. The van der Waals surface area contributed by atoms with Gasteiger partial charge in [0.1, 0.15) is 23.2 Å². The molecule has 0 atom stereocenters. The van der Waals surface area contributed by atoms with Crippen LogP contribution in [0.15, 0.2) is 58.5 Å². The van der Waals surface area contributed by atoms with Gasteiger partial charge >= 0.3 is 0 Å². The van der Waals surface area contributed by atoms with Gasteiger partial charge in [-0.3, -0.25) is 4.79 Å². The van der Waals surface area contributed by atoms with Gasteiger partial charge in [0, 0.05) is 22.3 Å². The van der Waals surface area contributed by atoms with Gasteiger partial charge in [0.25, 0.3) is 5.91 Å². The molecular weight excluding hydrogens is 419 g/mol. The minimum atomic E-state index is -0.563. The molecular formula is C21H13Cl3N2O2. The Hall–Kier alpha value is -2.71. The second kappa shape index (κ2) is 8.53. The van der Waals surface area contributed by atoms with Gasteiger partial charge in [-0.2, -0.15) is 5.26 Å². The van der Waals surface area contributed by atoms with E-state index in [4.69, 9.17) is 39.2 Å². The molecule has 28 heavy (non-hydrogen) atoms. The molecule has 3 aromatic rings. The zero-order valence-electron chi connectivity index (χ0n) is 14.6. The fraction of sp³-hybridized carbons (Fsp3) is 0.0476. The Labute approximate surface area is 176 Å². The molecule has 0 spiro atoms. The number of carbonyl (C=O) groups excluding carboxylic acids is 1. The molecule has 0 aliphatic rings. The van der Waals surface area contributed by atoms with Crippen LogP contribution in [0.25, 0.3) is 17.4 Å². The summed E-state index contributed by atoms with van der Waals surface area (Å²) in [5.41, 5.74) is 1.75. The molecule has 1 amide bonds. The summed E-state index contributed by atoms with van der Waals surface area (Å²) in [6, 6.07) is 15.6. The average Bonchev–Trinajstić information content (AvgIpc) is 3.14. The average molecular weight is 432 g/mol. The molecule has 0 radical (unpaired) electrons. The predicted octanol–water partition coefficient (Wildman–Crippen LogP) is 6.76.